The highest BCUT2D eigenvalue weighted by Gasteiger charge is 2.36. The molecule has 2 rings (SSSR count). The molecule has 1 heterocycles. The highest BCUT2D eigenvalue weighted by molar-refractivity contribution is 6.76. The highest BCUT2D eigenvalue weighted by Crippen LogP contribution is 2.17. The first-order chi connectivity index (χ1) is 6.20. The second kappa shape index (κ2) is 3.27. The van der Waals surface area contributed by atoms with Crippen LogP contribution in [-0.4, -0.2) is 20.5 Å². The van der Waals surface area contributed by atoms with Gasteiger partial charge in [-0.3, -0.25) is 0 Å². The summed E-state index contributed by atoms with van der Waals surface area (Å²) in [5.41, 5.74) is 0. The predicted molar refractivity (Wildman–Crippen MR) is 58.7 cm³/mol. The molecule has 0 unspecified atom stereocenters. The number of hydrogen-bond donors (Lipinski definition) is 1. The Morgan fingerprint density at radius 2 is 1.92 bits per heavy atom. The summed E-state index contributed by atoms with van der Waals surface area (Å²) < 4.78 is 0. The molecule has 1 aliphatic heterocycles. The van der Waals surface area contributed by atoms with Gasteiger partial charge in [0, 0.05) is 5.16 Å². The fourth-order valence-corrected chi connectivity index (χ4v) is 5.01. The molecule has 0 spiro atoms. The van der Waals surface area contributed by atoms with E-state index in [-0.39, 0.29) is 8.80 Å². The van der Waals surface area contributed by atoms with Crippen molar-refractivity contribution in [2.75, 3.05) is 6.54 Å². The second-order valence-corrected chi connectivity index (χ2v) is 7.43. The molecular weight excluding hydrogens is 174 g/mol. The Kier molecular flexibility index (Phi) is 2.26. The summed E-state index contributed by atoms with van der Waals surface area (Å²) in [4.78, 5) is 0. The zero-order valence-electron chi connectivity index (χ0n) is 8.30. The lowest BCUT2D eigenvalue weighted by Gasteiger charge is -2.25. The van der Waals surface area contributed by atoms with Gasteiger partial charge in [-0.25, -0.2) is 0 Å². The molecule has 1 aliphatic rings. The van der Waals surface area contributed by atoms with E-state index in [4.69, 9.17) is 0 Å². The van der Waals surface area contributed by atoms with Gasteiger partial charge in [-0.2, -0.15) is 0 Å². The van der Waals surface area contributed by atoms with E-state index in [1.54, 1.807) is 5.19 Å². The minimum Gasteiger partial charge on any atom is -0.314 e. The van der Waals surface area contributed by atoms with Gasteiger partial charge in [-0.05, 0) is 26.4 Å². The van der Waals surface area contributed by atoms with Crippen LogP contribution < -0.4 is 10.5 Å². The van der Waals surface area contributed by atoms with E-state index >= 15 is 0 Å². The van der Waals surface area contributed by atoms with Gasteiger partial charge in [0.2, 0.25) is 0 Å². The summed E-state index contributed by atoms with van der Waals surface area (Å²) >= 11 is 0. The maximum absolute atomic E-state index is 3.59. The maximum atomic E-state index is 3.59. The summed E-state index contributed by atoms with van der Waals surface area (Å²) in [6, 6.07) is 12.3. The molecule has 0 amide bonds. The first kappa shape index (κ1) is 8.97. The van der Waals surface area contributed by atoms with Crippen molar-refractivity contribution in [3.05, 3.63) is 30.3 Å². The zero-order valence-corrected chi connectivity index (χ0v) is 9.30. The number of hydrogen-bond acceptors (Lipinski definition) is 1. The van der Waals surface area contributed by atoms with Crippen LogP contribution in [-0.2, 0) is 0 Å². The SMILES string of the molecule is CC1(C)NCC[Si]1c1ccccc1. The third kappa shape index (κ3) is 1.69. The second-order valence-electron chi connectivity index (χ2n) is 4.15. The van der Waals surface area contributed by atoms with E-state index in [2.05, 4.69) is 49.5 Å². The van der Waals surface area contributed by atoms with Crippen LogP contribution in [0.15, 0.2) is 30.3 Å². The molecule has 0 aromatic heterocycles. The smallest absolute Gasteiger partial charge is 0.110 e. The molecule has 0 atom stereocenters. The van der Waals surface area contributed by atoms with Gasteiger partial charge >= 0.3 is 0 Å². The summed E-state index contributed by atoms with van der Waals surface area (Å²) in [5, 5.41) is 5.53. The summed E-state index contributed by atoms with van der Waals surface area (Å²) in [6.45, 7) is 5.86. The fraction of sp³-hybridized carbons (Fsp3) is 0.455. The largest absolute Gasteiger partial charge is 0.314 e. The lowest BCUT2D eigenvalue weighted by Crippen LogP contribution is -2.51. The van der Waals surface area contributed by atoms with Crippen molar-refractivity contribution >= 4 is 14.0 Å². The molecular formula is C11H16NSi. The Morgan fingerprint density at radius 3 is 2.46 bits per heavy atom. The topological polar surface area (TPSA) is 12.0 Å². The Balaban J connectivity index is 2.27. The van der Waals surface area contributed by atoms with Gasteiger partial charge < -0.3 is 5.32 Å². The van der Waals surface area contributed by atoms with Gasteiger partial charge in [0.05, 0.1) is 0 Å². The number of nitrogens with one attached hydrogen (secondary N) is 1. The first-order valence-corrected chi connectivity index (χ1v) is 6.57. The van der Waals surface area contributed by atoms with E-state index in [1.165, 1.54) is 12.6 Å². The standard InChI is InChI=1S/C11H16NSi/c1-11(2)12-8-9-13(11)10-6-4-3-5-7-10/h3-7,12H,8-9H2,1-2H3. The minimum absolute atomic E-state index is 0.367. The predicted octanol–water partition coefficient (Wildman–Crippen LogP) is 1.31. The molecule has 0 bridgehead atoms. The summed E-state index contributed by atoms with van der Waals surface area (Å²) in [6.07, 6.45) is 0. The van der Waals surface area contributed by atoms with Crippen LogP contribution in [0.2, 0.25) is 6.04 Å². The molecule has 1 radical (unpaired) electrons. The van der Waals surface area contributed by atoms with E-state index in [0.717, 1.165) is 0 Å². The van der Waals surface area contributed by atoms with E-state index in [0.29, 0.717) is 5.16 Å². The Bertz CT molecular complexity index is 281. The molecule has 2 heteroatoms. The molecule has 69 valence electrons. The van der Waals surface area contributed by atoms with Crippen LogP contribution in [0.5, 0.6) is 0 Å². The molecule has 1 aromatic carbocycles. The van der Waals surface area contributed by atoms with Crippen molar-refractivity contribution in [1.82, 2.24) is 5.32 Å². The van der Waals surface area contributed by atoms with Crippen LogP contribution in [0, 0.1) is 0 Å². The van der Waals surface area contributed by atoms with Crippen LogP contribution in [0.1, 0.15) is 13.8 Å². The molecule has 1 N–H and O–H groups in total. The Labute approximate surface area is 81.8 Å². The van der Waals surface area contributed by atoms with Crippen LogP contribution in [0.3, 0.4) is 0 Å². The van der Waals surface area contributed by atoms with Crippen LogP contribution >= 0.6 is 0 Å². The van der Waals surface area contributed by atoms with E-state index in [9.17, 15) is 0 Å². The van der Waals surface area contributed by atoms with Crippen molar-refractivity contribution in [3.8, 4) is 0 Å². The summed E-state index contributed by atoms with van der Waals surface area (Å²) in [7, 11) is -0.377. The number of rotatable bonds is 1. The molecule has 13 heavy (non-hydrogen) atoms. The maximum Gasteiger partial charge on any atom is 0.110 e. The molecule has 1 fully saturated rings. The van der Waals surface area contributed by atoms with Gasteiger partial charge in [0.1, 0.15) is 8.80 Å². The van der Waals surface area contributed by atoms with Gasteiger partial charge in [0.15, 0.2) is 0 Å². The molecule has 1 aromatic rings. The van der Waals surface area contributed by atoms with Crippen molar-refractivity contribution in [2.45, 2.75) is 25.1 Å². The molecule has 1 nitrogen and oxygen atoms in total. The lowest BCUT2D eigenvalue weighted by molar-refractivity contribution is 0.577. The van der Waals surface area contributed by atoms with Crippen molar-refractivity contribution in [1.29, 1.82) is 0 Å². The van der Waals surface area contributed by atoms with Crippen molar-refractivity contribution < 1.29 is 0 Å². The minimum atomic E-state index is -0.377. The zero-order chi connectivity index (χ0) is 9.31. The third-order valence-electron chi connectivity index (χ3n) is 2.82. The van der Waals surface area contributed by atoms with E-state index < -0.39 is 0 Å². The first-order valence-electron chi connectivity index (χ1n) is 4.87. The Hall–Kier alpha value is -0.603. The summed E-state index contributed by atoms with van der Waals surface area (Å²) in [5.74, 6) is 0. The monoisotopic (exact) mass is 190 g/mol. The van der Waals surface area contributed by atoms with Crippen molar-refractivity contribution in [3.63, 3.8) is 0 Å². The van der Waals surface area contributed by atoms with Gasteiger partial charge in [-0.1, -0.05) is 35.5 Å². The molecule has 0 aliphatic carbocycles. The van der Waals surface area contributed by atoms with Crippen molar-refractivity contribution in [2.24, 2.45) is 0 Å². The van der Waals surface area contributed by atoms with Crippen LogP contribution in [0.4, 0.5) is 0 Å². The average molecular weight is 190 g/mol. The number of benzene rings is 1. The van der Waals surface area contributed by atoms with E-state index in [1.807, 2.05) is 0 Å². The fourth-order valence-electron chi connectivity index (χ4n) is 2.06. The third-order valence-corrected chi connectivity index (χ3v) is 6.28. The highest BCUT2D eigenvalue weighted by atomic mass is 28.3. The van der Waals surface area contributed by atoms with Gasteiger partial charge in [-0.15, -0.1) is 0 Å². The normalized spacial score (nSPS) is 22.0. The molecule has 0 saturated carbocycles. The Morgan fingerprint density at radius 1 is 1.23 bits per heavy atom. The quantitative estimate of drug-likeness (QED) is 0.658. The molecule has 1 saturated heterocycles. The average Bonchev–Trinajstić information content (AvgIpc) is 2.47. The van der Waals surface area contributed by atoms with Gasteiger partial charge in [0.25, 0.3) is 0 Å². The lowest BCUT2D eigenvalue weighted by atomic mass is 10.4. The van der Waals surface area contributed by atoms with Crippen LogP contribution in [0.25, 0.3) is 0 Å².